The van der Waals surface area contributed by atoms with Crippen molar-refractivity contribution in [1.29, 1.82) is 0 Å². The summed E-state index contributed by atoms with van der Waals surface area (Å²) in [6.45, 7) is 1.59. The Morgan fingerprint density at radius 2 is 1.69 bits per heavy atom. The molecule has 0 radical (unpaired) electrons. The van der Waals surface area contributed by atoms with Crippen molar-refractivity contribution in [1.82, 2.24) is 5.32 Å². The van der Waals surface area contributed by atoms with E-state index in [1.165, 1.54) is 12.1 Å². The summed E-state index contributed by atoms with van der Waals surface area (Å²) >= 11 is 17.9. The van der Waals surface area contributed by atoms with Crippen LogP contribution in [-0.4, -0.2) is 18.5 Å². The maximum atomic E-state index is 12.2. The Hall–Kier alpha value is -1.75. The number of hydrogen-bond acceptors (Lipinski definition) is 3. The molecule has 0 saturated carbocycles. The van der Waals surface area contributed by atoms with Crippen LogP contribution in [-0.2, 0) is 9.53 Å². The van der Waals surface area contributed by atoms with E-state index >= 15 is 0 Å². The Labute approximate surface area is 167 Å². The van der Waals surface area contributed by atoms with Gasteiger partial charge in [-0.15, -0.1) is 0 Å². The van der Waals surface area contributed by atoms with Crippen molar-refractivity contribution in [3.8, 4) is 0 Å². The Kier molecular flexibility index (Phi) is 7.76. The fourth-order valence-corrected chi connectivity index (χ4v) is 3.13. The lowest BCUT2D eigenvalue weighted by Crippen LogP contribution is -2.32. The largest absolute Gasteiger partial charge is 0.452 e. The summed E-state index contributed by atoms with van der Waals surface area (Å²) in [6.07, 6.45) is 1.67. The van der Waals surface area contributed by atoms with E-state index < -0.39 is 18.5 Å². The molecule has 0 aliphatic heterocycles. The average molecular weight is 415 g/mol. The normalized spacial score (nSPS) is 11.7. The number of benzene rings is 2. The first-order valence-electron chi connectivity index (χ1n) is 8.09. The Morgan fingerprint density at radius 1 is 1.04 bits per heavy atom. The summed E-state index contributed by atoms with van der Waals surface area (Å²) in [6, 6.07) is 12.4. The van der Waals surface area contributed by atoms with Crippen LogP contribution in [0.2, 0.25) is 15.1 Å². The first-order chi connectivity index (χ1) is 12.4. The number of carbonyl (C=O) groups excluding carboxylic acids is 2. The summed E-state index contributed by atoms with van der Waals surface area (Å²) in [7, 11) is 0. The highest BCUT2D eigenvalue weighted by Crippen LogP contribution is 2.31. The summed E-state index contributed by atoms with van der Waals surface area (Å²) in [5.74, 6) is -1.21. The van der Waals surface area contributed by atoms with Crippen molar-refractivity contribution in [2.24, 2.45) is 0 Å². The number of carbonyl (C=O) groups is 2. The van der Waals surface area contributed by atoms with Crippen LogP contribution in [0, 0.1) is 0 Å². The minimum Gasteiger partial charge on any atom is -0.452 e. The topological polar surface area (TPSA) is 55.4 Å². The van der Waals surface area contributed by atoms with Gasteiger partial charge in [-0.3, -0.25) is 4.79 Å². The number of esters is 1. The Balaban J connectivity index is 1.99. The molecule has 1 atom stereocenters. The van der Waals surface area contributed by atoms with Crippen molar-refractivity contribution < 1.29 is 14.3 Å². The lowest BCUT2D eigenvalue weighted by Gasteiger charge is -2.18. The smallest absolute Gasteiger partial charge is 0.341 e. The highest BCUT2D eigenvalue weighted by Gasteiger charge is 2.20. The fraction of sp³-hybridized carbons (Fsp3) is 0.263. The second-order valence-corrected chi connectivity index (χ2v) is 6.81. The number of halogens is 3. The maximum Gasteiger partial charge on any atom is 0.341 e. The van der Waals surface area contributed by atoms with Gasteiger partial charge in [0.25, 0.3) is 5.91 Å². The molecule has 0 bridgehead atoms. The number of rotatable bonds is 7. The van der Waals surface area contributed by atoms with Gasteiger partial charge in [0.05, 0.1) is 26.7 Å². The fourth-order valence-electron chi connectivity index (χ4n) is 2.45. The van der Waals surface area contributed by atoms with Gasteiger partial charge in [0.15, 0.2) is 6.61 Å². The van der Waals surface area contributed by atoms with Crippen LogP contribution in [0.25, 0.3) is 0 Å². The van der Waals surface area contributed by atoms with Crippen molar-refractivity contribution in [2.45, 2.75) is 25.8 Å². The number of amides is 1. The summed E-state index contributed by atoms with van der Waals surface area (Å²) in [5, 5.41) is 3.16. The van der Waals surface area contributed by atoms with Crippen molar-refractivity contribution in [3.05, 3.63) is 68.7 Å². The second kappa shape index (κ2) is 9.81. The van der Waals surface area contributed by atoms with E-state index in [2.05, 4.69) is 5.32 Å². The third-order valence-corrected chi connectivity index (χ3v) is 4.82. The van der Waals surface area contributed by atoms with Crippen molar-refractivity contribution in [3.63, 3.8) is 0 Å². The molecule has 0 aliphatic carbocycles. The van der Waals surface area contributed by atoms with Crippen LogP contribution >= 0.6 is 34.8 Å². The molecular weight excluding hydrogens is 397 g/mol. The molecular formula is C19H18Cl3NO3. The lowest BCUT2D eigenvalue weighted by molar-refractivity contribution is -0.125. The lowest BCUT2D eigenvalue weighted by atomic mass is 10.0. The zero-order chi connectivity index (χ0) is 19.1. The third-order valence-electron chi connectivity index (χ3n) is 3.70. The molecule has 0 spiro atoms. The maximum absolute atomic E-state index is 12.2. The van der Waals surface area contributed by atoms with E-state index in [9.17, 15) is 9.59 Å². The minimum atomic E-state index is -0.801. The van der Waals surface area contributed by atoms with E-state index in [-0.39, 0.29) is 26.7 Å². The Morgan fingerprint density at radius 3 is 2.35 bits per heavy atom. The van der Waals surface area contributed by atoms with Crippen molar-refractivity contribution in [2.75, 3.05) is 6.61 Å². The molecule has 7 heteroatoms. The van der Waals surface area contributed by atoms with Crippen LogP contribution in [0.3, 0.4) is 0 Å². The zero-order valence-electron chi connectivity index (χ0n) is 14.1. The SMILES string of the molecule is CCC[C@@H](NC(=O)COC(=O)c1c(Cl)ccc(Cl)c1Cl)c1ccccc1. The van der Waals surface area contributed by atoms with Gasteiger partial charge in [0, 0.05) is 0 Å². The molecule has 2 aromatic carbocycles. The predicted molar refractivity (Wildman–Crippen MR) is 104 cm³/mol. The Bertz CT molecular complexity index is 781. The quantitative estimate of drug-likeness (QED) is 0.483. The minimum absolute atomic E-state index is 0.00211. The van der Waals surface area contributed by atoms with Gasteiger partial charge in [0.2, 0.25) is 0 Å². The van der Waals surface area contributed by atoms with E-state index in [1.807, 2.05) is 37.3 Å². The van der Waals surface area contributed by atoms with Gasteiger partial charge in [-0.05, 0) is 24.1 Å². The molecule has 2 rings (SSSR count). The number of ether oxygens (including phenoxy) is 1. The molecule has 1 amide bonds. The van der Waals surface area contributed by atoms with Gasteiger partial charge >= 0.3 is 5.97 Å². The van der Waals surface area contributed by atoms with Crippen LogP contribution < -0.4 is 5.32 Å². The highest BCUT2D eigenvalue weighted by atomic mass is 35.5. The molecule has 0 fully saturated rings. The summed E-state index contributed by atoms with van der Waals surface area (Å²) in [5.41, 5.74) is 0.941. The molecule has 1 N–H and O–H groups in total. The zero-order valence-corrected chi connectivity index (χ0v) is 16.4. The van der Waals surface area contributed by atoms with Crippen LogP contribution in [0.5, 0.6) is 0 Å². The van der Waals surface area contributed by atoms with Crippen LogP contribution in [0.15, 0.2) is 42.5 Å². The first-order valence-corrected chi connectivity index (χ1v) is 9.22. The molecule has 26 heavy (non-hydrogen) atoms. The first kappa shape index (κ1) is 20.6. The molecule has 0 saturated heterocycles. The third kappa shape index (κ3) is 5.37. The van der Waals surface area contributed by atoms with Gasteiger partial charge in [-0.2, -0.15) is 0 Å². The van der Waals surface area contributed by atoms with E-state index in [0.29, 0.717) is 0 Å². The van der Waals surface area contributed by atoms with Crippen molar-refractivity contribution >= 4 is 46.7 Å². The second-order valence-electron chi connectivity index (χ2n) is 5.61. The van der Waals surface area contributed by atoms with E-state index in [4.69, 9.17) is 39.5 Å². The molecule has 2 aromatic rings. The molecule has 4 nitrogen and oxygen atoms in total. The van der Waals surface area contributed by atoms with Gasteiger partial charge in [-0.1, -0.05) is 78.5 Å². The predicted octanol–water partition coefficient (Wildman–Crippen LogP) is 5.46. The average Bonchev–Trinajstić information content (AvgIpc) is 2.64. The molecule has 0 unspecified atom stereocenters. The molecule has 138 valence electrons. The monoisotopic (exact) mass is 413 g/mol. The van der Waals surface area contributed by atoms with Gasteiger partial charge in [-0.25, -0.2) is 4.79 Å². The molecule has 0 aromatic heterocycles. The molecule has 0 heterocycles. The van der Waals surface area contributed by atoms with Crippen LogP contribution in [0.1, 0.15) is 41.7 Å². The summed E-state index contributed by atoms with van der Waals surface area (Å²) in [4.78, 5) is 24.4. The standard InChI is InChI=1S/C19H18Cl3NO3/c1-2-6-15(12-7-4-3-5-8-12)23-16(24)11-26-19(25)17-13(20)9-10-14(21)18(17)22/h3-5,7-10,15H,2,6,11H2,1H3,(H,23,24)/t15-/m1/s1. The van der Waals surface area contributed by atoms with Gasteiger partial charge < -0.3 is 10.1 Å². The highest BCUT2D eigenvalue weighted by molar-refractivity contribution is 6.46. The summed E-state index contributed by atoms with van der Waals surface area (Å²) < 4.78 is 5.04. The van der Waals surface area contributed by atoms with E-state index in [1.54, 1.807) is 0 Å². The number of hydrogen-bond donors (Lipinski definition) is 1. The van der Waals surface area contributed by atoms with Gasteiger partial charge in [0.1, 0.15) is 0 Å². The molecule has 0 aliphatic rings. The number of nitrogens with one attached hydrogen (secondary N) is 1. The van der Waals surface area contributed by atoms with E-state index in [0.717, 1.165) is 18.4 Å². The van der Waals surface area contributed by atoms with Crippen LogP contribution in [0.4, 0.5) is 0 Å².